The number of hydrogen-bond acceptors (Lipinski definition) is 4. The molecule has 0 aliphatic carbocycles. The van der Waals surface area contributed by atoms with Gasteiger partial charge >= 0.3 is 0 Å². The molecule has 1 fully saturated rings. The standard InChI is InChI=1S/C16H30N4O/c1-12(2)17-11-14-13(3)18-19(5)15(14)20-9-6-7-16(4,21)8-10-20/h12,17,21H,6-11H2,1-5H3. The highest BCUT2D eigenvalue weighted by Crippen LogP contribution is 2.28. The molecule has 1 atom stereocenters. The summed E-state index contributed by atoms with van der Waals surface area (Å²) in [6.07, 6.45) is 2.71. The molecule has 2 rings (SSSR count). The molecule has 1 saturated heterocycles. The van der Waals surface area contributed by atoms with Crippen LogP contribution in [0.25, 0.3) is 0 Å². The van der Waals surface area contributed by atoms with Gasteiger partial charge in [0, 0.05) is 38.3 Å². The predicted molar refractivity (Wildman–Crippen MR) is 86.6 cm³/mol. The Morgan fingerprint density at radius 1 is 1.33 bits per heavy atom. The van der Waals surface area contributed by atoms with E-state index in [-0.39, 0.29) is 0 Å². The first kappa shape index (κ1) is 16.3. The van der Waals surface area contributed by atoms with Crippen molar-refractivity contribution in [3.05, 3.63) is 11.3 Å². The van der Waals surface area contributed by atoms with Crippen LogP contribution in [0.1, 0.15) is 51.3 Å². The Morgan fingerprint density at radius 2 is 2.05 bits per heavy atom. The van der Waals surface area contributed by atoms with Gasteiger partial charge in [0.25, 0.3) is 0 Å². The second-order valence-electron chi connectivity index (χ2n) is 6.88. The van der Waals surface area contributed by atoms with Crippen LogP contribution in [0, 0.1) is 6.92 Å². The average molecular weight is 294 g/mol. The third-order valence-electron chi connectivity index (χ3n) is 4.36. The quantitative estimate of drug-likeness (QED) is 0.891. The molecule has 5 heteroatoms. The van der Waals surface area contributed by atoms with E-state index in [1.807, 2.05) is 18.7 Å². The Hall–Kier alpha value is -1.07. The highest BCUT2D eigenvalue weighted by Gasteiger charge is 2.27. The van der Waals surface area contributed by atoms with Crippen molar-refractivity contribution in [1.82, 2.24) is 15.1 Å². The molecule has 0 aromatic carbocycles. The molecule has 5 nitrogen and oxygen atoms in total. The van der Waals surface area contributed by atoms with Crippen LogP contribution in [0.3, 0.4) is 0 Å². The Kier molecular flexibility index (Phi) is 4.94. The normalized spacial score (nSPS) is 23.7. The van der Waals surface area contributed by atoms with Crippen LogP contribution < -0.4 is 10.2 Å². The topological polar surface area (TPSA) is 53.3 Å². The van der Waals surface area contributed by atoms with E-state index >= 15 is 0 Å². The number of aromatic nitrogens is 2. The SMILES string of the molecule is Cc1nn(C)c(N2CCCC(C)(O)CC2)c1CNC(C)C. The third-order valence-corrected chi connectivity index (χ3v) is 4.36. The van der Waals surface area contributed by atoms with E-state index in [1.165, 1.54) is 11.4 Å². The third kappa shape index (κ3) is 3.98. The molecule has 1 aromatic heterocycles. The van der Waals surface area contributed by atoms with Gasteiger partial charge in [0.15, 0.2) is 0 Å². The van der Waals surface area contributed by atoms with E-state index in [1.54, 1.807) is 0 Å². The fraction of sp³-hybridized carbons (Fsp3) is 0.812. The first-order chi connectivity index (χ1) is 9.80. The minimum Gasteiger partial charge on any atom is -0.390 e. The molecule has 120 valence electrons. The lowest BCUT2D eigenvalue weighted by Gasteiger charge is -2.25. The van der Waals surface area contributed by atoms with Gasteiger partial charge in [0.1, 0.15) is 5.82 Å². The zero-order valence-electron chi connectivity index (χ0n) is 14.1. The lowest BCUT2D eigenvalue weighted by atomic mass is 9.98. The second-order valence-corrected chi connectivity index (χ2v) is 6.88. The number of hydrogen-bond donors (Lipinski definition) is 2. The molecular weight excluding hydrogens is 264 g/mol. The Labute approximate surface area is 128 Å². The molecule has 1 aliphatic heterocycles. The van der Waals surface area contributed by atoms with E-state index in [0.29, 0.717) is 6.04 Å². The monoisotopic (exact) mass is 294 g/mol. The summed E-state index contributed by atoms with van der Waals surface area (Å²) in [6, 6.07) is 0.460. The van der Waals surface area contributed by atoms with Gasteiger partial charge in [-0.2, -0.15) is 5.10 Å². The van der Waals surface area contributed by atoms with E-state index in [9.17, 15) is 5.11 Å². The van der Waals surface area contributed by atoms with Gasteiger partial charge in [0.2, 0.25) is 0 Å². The van der Waals surface area contributed by atoms with Crippen molar-refractivity contribution >= 4 is 5.82 Å². The second kappa shape index (κ2) is 6.36. The molecule has 0 bridgehead atoms. The maximum Gasteiger partial charge on any atom is 0.131 e. The molecule has 2 N–H and O–H groups in total. The van der Waals surface area contributed by atoms with Crippen molar-refractivity contribution in [2.45, 2.75) is 65.1 Å². The fourth-order valence-corrected chi connectivity index (χ4v) is 3.07. The molecule has 0 radical (unpaired) electrons. The van der Waals surface area contributed by atoms with E-state index < -0.39 is 5.60 Å². The summed E-state index contributed by atoms with van der Waals surface area (Å²) in [5.41, 5.74) is 1.85. The number of anilines is 1. The van der Waals surface area contributed by atoms with Gasteiger partial charge in [-0.1, -0.05) is 13.8 Å². The van der Waals surface area contributed by atoms with Crippen molar-refractivity contribution in [1.29, 1.82) is 0 Å². The lowest BCUT2D eigenvalue weighted by molar-refractivity contribution is 0.0481. The van der Waals surface area contributed by atoms with E-state index in [0.717, 1.165) is 44.6 Å². The molecule has 0 amide bonds. The highest BCUT2D eigenvalue weighted by atomic mass is 16.3. The summed E-state index contributed by atoms with van der Waals surface area (Å²) in [6.45, 7) is 11.1. The molecule has 1 aliphatic rings. The van der Waals surface area contributed by atoms with Crippen molar-refractivity contribution in [2.24, 2.45) is 7.05 Å². The smallest absolute Gasteiger partial charge is 0.131 e. The van der Waals surface area contributed by atoms with Crippen LogP contribution in [-0.4, -0.2) is 39.6 Å². The zero-order chi connectivity index (χ0) is 15.6. The lowest BCUT2D eigenvalue weighted by Crippen LogP contribution is -2.31. The molecule has 2 heterocycles. The summed E-state index contributed by atoms with van der Waals surface area (Å²) < 4.78 is 1.99. The number of nitrogens with one attached hydrogen (secondary N) is 1. The average Bonchev–Trinajstić information content (AvgIpc) is 2.53. The van der Waals surface area contributed by atoms with Crippen LogP contribution in [0.5, 0.6) is 0 Å². The van der Waals surface area contributed by atoms with E-state index in [4.69, 9.17) is 0 Å². The number of aliphatic hydroxyl groups is 1. The summed E-state index contributed by atoms with van der Waals surface area (Å²) in [5, 5.41) is 18.4. The van der Waals surface area contributed by atoms with Crippen molar-refractivity contribution in [2.75, 3.05) is 18.0 Å². The Morgan fingerprint density at radius 3 is 2.71 bits per heavy atom. The maximum absolute atomic E-state index is 10.3. The van der Waals surface area contributed by atoms with Crippen LogP contribution >= 0.6 is 0 Å². The minimum absolute atomic E-state index is 0.460. The summed E-state index contributed by atoms with van der Waals surface area (Å²) in [7, 11) is 2.02. The van der Waals surface area contributed by atoms with Gasteiger partial charge in [-0.15, -0.1) is 0 Å². The summed E-state index contributed by atoms with van der Waals surface area (Å²) in [5.74, 6) is 1.21. The van der Waals surface area contributed by atoms with Crippen LogP contribution in [0.4, 0.5) is 5.82 Å². The highest BCUT2D eigenvalue weighted by molar-refractivity contribution is 5.50. The first-order valence-electron chi connectivity index (χ1n) is 8.03. The van der Waals surface area contributed by atoms with Crippen molar-refractivity contribution < 1.29 is 5.11 Å². The largest absolute Gasteiger partial charge is 0.390 e. The van der Waals surface area contributed by atoms with Gasteiger partial charge < -0.3 is 15.3 Å². The predicted octanol–water partition coefficient (Wildman–Crippen LogP) is 1.97. The van der Waals surface area contributed by atoms with Gasteiger partial charge in [-0.3, -0.25) is 4.68 Å². The summed E-state index contributed by atoms with van der Waals surface area (Å²) in [4.78, 5) is 2.39. The van der Waals surface area contributed by atoms with Crippen LogP contribution in [0.2, 0.25) is 0 Å². The molecule has 1 unspecified atom stereocenters. The van der Waals surface area contributed by atoms with E-state index in [2.05, 4.69) is 36.1 Å². The van der Waals surface area contributed by atoms with Gasteiger partial charge in [-0.25, -0.2) is 0 Å². The van der Waals surface area contributed by atoms with Gasteiger partial charge in [-0.05, 0) is 33.1 Å². The fourth-order valence-electron chi connectivity index (χ4n) is 3.07. The molecular formula is C16H30N4O. The number of nitrogens with zero attached hydrogens (tertiary/aromatic N) is 3. The number of aryl methyl sites for hydroxylation is 2. The minimum atomic E-state index is -0.529. The van der Waals surface area contributed by atoms with Crippen LogP contribution in [0.15, 0.2) is 0 Å². The molecule has 0 saturated carbocycles. The first-order valence-corrected chi connectivity index (χ1v) is 8.03. The molecule has 1 aromatic rings. The Bertz CT molecular complexity index is 479. The molecule has 0 spiro atoms. The maximum atomic E-state index is 10.3. The Balaban J connectivity index is 2.21. The summed E-state index contributed by atoms with van der Waals surface area (Å²) >= 11 is 0. The molecule has 21 heavy (non-hydrogen) atoms. The van der Waals surface area contributed by atoms with Crippen LogP contribution in [-0.2, 0) is 13.6 Å². The zero-order valence-corrected chi connectivity index (χ0v) is 14.1. The van der Waals surface area contributed by atoms with Gasteiger partial charge in [0.05, 0.1) is 11.3 Å². The van der Waals surface area contributed by atoms with Crippen molar-refractivity contribution in [3.8, 4) is 0 Å². The number of rotatable bonds is 4. The van der Waals surface area contributed by atoms with Crippen molar-refractivity contribution in [3.63, 3.8) is 0 Å².